The lowest BCUT2D eigenvalue weighted by Crippen LogP contribution is -2.49. The van der Waals surface area contributed by atoms with Crippen LogP contribution >= 0.6 is 12.2 Å². The predicted octanol–water partition coefficient (Wildman–Crippen LogP) is 2.50. The summed E-state index contributed by atoms with van der Waals surface area (Å²) in [5.74, 6) is 0. The maximum absolute atomic E-state index is 12.6. The highest BCUT2D eigenvalue weighted by atomic mass is 32.2. The van der Waals surface area contributed by atoms with Gasteiger partial charge >= 0.3 is 0 Å². The van der Waals surface area contributed by atoms with E-state index in [0.717, 1.165) is 17.5 Å². The molecule has 0 heterocycles. The summed E-state index contributed by atoms with van der Waals surface area (Å²) in [4.78, 5) is 2.61. The molecule has 0 saturated heterocycles. The maximum atomic E-state index is 12.6. The van der Waals surface area contributed by atoms with Gasteiger partial charge in [-0.05, 0) is 49.3 Å². The van der Waals surface area contributed by atoms with Gasteiger partial charge in [-0.2, -0.15) is 0 Å². The number of thiocarbonyl (C=S) groups is 1. The maximum Gasteiger partial charge on any atom is 0.257 e. The quantitative estimate of drug-likeness (QED) is 0.641. The highest BCUT2D eigenvalue weighted by Crippen LogP contribution is 2.21. The molecule has 0 atom stereocenters. The van der Waals surface area contributed by atoms with Crippen LogP contribution in [0.15, 0.2) is 53.4 Å². The standard InChI is InChI=1S/C16H19N3O2S2/c1-3-13-6-4-5-7-15(13)19(16(17)22)18-23(20,21)14-10-8-12(2)9-11-14/h4-11,18H,3H2,1-2H3,(H2,17,22). The number of aryl methyl sites for hydroxylation is 2. The third-order valence-electron chi connectivity index (χ3n) is 3.38. The molecule has 2 aromatic rings. The molecule has 0 fully saturated rings. The Morgan fingerprint density at radius 3 is 2.35 bits per heavy atom. The molecule has 7 heteroatoms. The van der Waals surface area contributed by atoms with Crippen molar-refractivity contribution in [1.82, 2.24) is 4.83 Å². The molecule has 0 aliphatic rings. The molecule has 23 heavy (non-hydrogen) atoms. The van der Waals surface area contributed by atoms with E-state index in [1.54, 1.807) is 36.4 Å². The first-order valence-electron chi connectivity index (χ1n) is 7.11. The molecular weight excluding hydrogens is 330 g/mol. The van der Waals surface area contributed by atoms with E-state index in [9.17, 15) is 8.42 Å². The van der Waals surface area contributed by atoms with Gasteiger partial charge < -0.3 is 5.73 Å². The van der Waals surface area contributed by atoms with Gasteiger partial charge in [0, 0.05) is 0 Å². The van der Waals surface area contributed by atoms with Crippen LogP contribution in [0.2, 0.25) is 0 Å². The number of nitrogens with zero attached hydrogens (tertiary/aromatic N) is 1. The first-order valence-corrected chi connectivity index (χ1v) is 9.01. The first-order chi connectivity index (χ1) is 10.8. The van der Waals surface area contributed by atoms with Crippen LogP contribution < -0.4 is 15.6 Å². The Morgan fingerprint density at radius 1 is 1.17 bits per heavy atom. The summed E-state index contributed by atoms with van der Waals surface area (Å²) in [6, 6.07) is 13.9. The van der Waals surface area contributed by atoms with E-state index < -0.39 is 10.0 Å². The number of hydrazine groups is 1. The average Bonchev–Trinajstić information content (AvgIpc) is 2.53. The molecule has 122 valence electrons. The minimum Gasteiger partial charge on any atom is -0.375 e. The van der Waals surface area contributed by atoms with E-state index in [-0.39, 0.29) is 10.0 Å². The fourth-order valence-electron chi connectivity index (χ4n) is 2.13. The zero-order valence-electron chi connectivity index (χ0n) is 13.0. The zero-order chi connectivity index (χ0) is 17.0. The van der Waals surface area contributed by atoms with Crippen molar-refractivity contribution < 1.29 is 8.42 Å². The summed E-state index contributed by atoms with van der Waals surface area (Å²) in [5, 5.41) is 1.16. The SMILES string of the molecule is CCc1ccccc1N(NS(=O)(=O)c1ccc(C)cc1)C(N)=S. The number of hydrogen-bond donors (Lipinski definition) is 2. The van der Waals surface area contributed by atoms with Crippen molar-refractivity contribution in [3.8, 4) is 0 Å². The molecule has 0 spiro atoms. The fourth-order valence-corrected chi connectivity index (χ4v) is 3.37. The van der Waals surface area contributed by atoms with E-state index in [2.05, 4.69) is 4.83 Å². The van der Waals surface area contributed by atoms with Gasteiger partial charge in [-0.25, -0.2) is 13.4 Å². The Labute approximate surface area is 142 Å². The number of sulfonamides is 1. The van der Waals surface area contributed by atoms with E-state index >= 15 is 0 Å². The summed E-state index contributed by atoms with van der Waals surface area (Å²) in [7, 11) is -3.79. The van der Waals surface area contributed by atoms with Crippen LogP contribution in [0.5, 0.6) is 0 Å². The van der Waals surface area contributed by atoms with Crippen molar-refractivity contribution in [2.45, 2.75) is 25.2 Å². The van der Waals surface area contributed by atoms with Crippen LogP contribution in [0.1, 0.15) is 18.1 Å². The van der Waals surface area contributed by atoms with E-state index in [1.165, 1.54) is 5.01 Å². The molecular formula is C16H19N3O2S2. The number of rotatable bonds is 5. The number of nitrogens with two attached hydrogens (primary N) is 1. The Hall–Kier alpha value is -1.96. The molecule has 0 aliphatic carbocycles. The summed E-state index contributed by atoms with van der Waals surface area (Å²) >= 11 is 5.02. The topological polar surface area (TPSA) is 75.4 Å². The number of benzene rings is 2. The van der Waals surface area contributed by atoms with Crippen molar-refractivity contribution in [1.29, 1.82) is 0 Å². The minimum atomic E-state index is -3.79. The molecule has 0 aliphatic heterocycles. The average molecular weight is 349 g/mol. The summed E-state index contributed by atoms with van der Waals surface area (Å²) in [5.41, 5.74) is 8.27. The lowest BCUT2D eigenvalue weighted by Gasteiger charge is -2.25. The third kappa shape index (κ3) is 4.07. The monoisotopic (exact) mass is 349 g/mol. The van der Waals surface area contributed by atoms with Crippen LogP contribution in [0.25, 0.3) is 0 Å². The second-order valence-corrected chi connectivity index (χ2v) is 7.14. The van der Waals surface area contributed by atoms with E-state index in [1.807, 2.05) is 26.0 Å². The van der Waals surface area contributed by atoms with Crippen molar-refractivity contribution in [2.24, 2.45) is 5.73 Å². The van der Waals surface area contributed by atoms with Gasteiger partial charge in [-0.3, -0.25) is 0 Å². The minimum absolute atomic E-state index is 0.0680. The highest BCUT2D eigenvalue weighted by Gasteiger charge is 2.21. The van der Waals surface area contributed by atoms with Crippen LogP contribution in [0.4, 0.5) is 5.69 Å². The highest BCUT2D eigenvalue weighted by molar-refractivity contribution is 7.89. The summed E-state index contributed by atoms with van der Waals surface area (Å²) in [6.07, 6.45) is 0.724. The largest absolute Gasteiger partial charge is 0.375 e. The molecule has 0 radical (unpaired) electrons. The number of para-hydroxylation sites is 1. The molecule has 2 rings (SSSR count). The number of nitrogens with one attached hydrogen (secondary N) is 1. The molecule has 0 aromatic heterocycles. The second-order valence-electron chi connectivity index (χ2n) is 5.06. The second kappa shape index (κ2) is 7.08. The van der Waals surface area contributed by atoms with Crippen molar-refractivity contribution in [3.05, 3.63) is 59.7 Å². The van der Waals surface area contributed by atoms with Gasteiger partial charge in [0.2, 0.25) is 0 Å². The Balaban J connectivity index is 2.40. The van der Waals surface area contributed by atoms with Crippen LogP contribution in [0.3, 0.4) is 0 Å². The van der Waals surface area contributed by atoms with Gasteiger partial charge in [0.15, 0.2) is 5.11 Å². The van der Waals surface area contributed by atoms with Crippen LogP contribution in [-0.4, -0.2) is 13.5 Å². The van der Waals surface area contributed by atoms with Crippen LogP contribution in [-0.2, 0) is 16.4 Å². The van der Waals surface area contributed by atoms with Gasteiger partial charge in [-0.15, -0.1) is 4.83 Å². The molecule has 2 aromatic carbocycles. The fraction of sp³-hybridized carbons (Fsp3) is 0.188. The van der Waals surface area contributed by atoms with Crippen molar-refractivity contribution in [3.63, 3.8) is 0 Å². The smallest absolute Gasteiger partial charge is 0.257 e. The van der Waals surface area contributed by atoms with E-state index in [4.69, 9.17) is 18.0 Å². The Kier molecular flexibility index (Phi) is 5.35. The van der Waals surface area contributed by atoms with Crippen molar-refractivity contribution in [2.75, 3.05) is 5.01 Å². The third-order valence-corrected chi connectivity index (χ3v) is 4.87. The lowest BCUT2D eigenvalue weighted by atomic mass is 10.1. The molecule has 0 saturated carbocycles. The predicted molar refractivity (Wildman–Crippen MR) is 96.6 cm³/mol. The van der Waals surface area contributed by atoms with Gasteiger partial charge in [0.05, 0.1) is 10.6 Å². The van der Waals surface area contributed by atoms with Gasteiger partial charge in [0.1, 0.15) is 0 Å². The Bertz CT molecular complexity index is 802. The zero-order valence-corrected chi connectivity index (χ0v) is 14.6. The normalized spacial score (nSPS) is 11.2. The Morgan fingerprint density at radius 2 is 1.78 bits per heavy atom. The van der Waals surface area contributed by atoms with Gasteiger partial charge in [0.25, 0.3) is 10.0 Å². The molecule has 0 amide bonds. The van der Waals surface area contributed by atoms with E-state index in [0.29, 0.717) is 5.69 Å². The lowest BCUT2D eigenvalue weighted by molar-refractivity contribution is 0.583. The van der Waals surface area contributed by atoms with Crippen molar-refractivity contribution >= 4 is 33.0 Å². The summed E-state index contributed by atoms with van der Waals surface area (Å²) in [6.45, 7) is 3.87. The van der Waals surface area contributed by atoms with Gasteiger partial charge in [-0.1, -0.05) is 42.8 Å². The summed E-state index contributed by atoms with van der Waals surface area (Å²) < 4.78 is 25.1. The molecule has 0 unspecified atom stereocenters. The van der Waals surface area contributed by atoms with Crippen LogP contribution in [0, 0.1) is 6.92 Å². The molecule has 3 N–H and O–H groups in total. The number of hydrogen-bond acceptors (Lipinski definition) is 3. The first kappa shape index (κ1) is 17.4. The molecule has 5 nitrogen and oxygen atoms in total. The number of anilines is 1. The molecule has 0 bridgehead atoms.